The van der Waals surface area contributed by atoms with Crippen molar-refractivity contribution in [3.8, 4) is 22.8 Å². The Morgan fingerprint density at radius 1 is 0.926 bits per heavy atom. The molecule has 1 aliphatic carbocycles. The molecule has 0 aliphatic heterocycles. The van der Waals surface area contributed by atoms with E-state index in [1.165, 1.54) is 47.7 Å². The fraction of sp³-hybridized carbons (Fsp3) is 0.391. The molecular formula is C23H25IN2O. The molecule has 1 aliphatic rings. The smallest absolute Gasteiger partial charge is 0.258 e. The number of aromatic nitrogens is 2. The van der Waals surface area contributed by atoms with Crippen molar-refractivity contribution < 1.29 is 4.52 Å². The first-order chi connectivity index (χ1) is 13.2. The summed E-state index contributed by atoms with van der Waals surface area (Å²) in [4.78, 5) is 4.57. The molecule has 0 spiro atoms. The van der Waals surface area contributed by atoms with Crippen molar-refractivity contribution in [3.05, 3.63) is 57.7 Å². The summed E-state index contributed by atoms with van der Waals surface area (Å²) in [7, 11) is 0. The predicted molar refractivity (Wildman–Crippen MR) is 117 cm³/mol. The van der Waals surface area contributed by atoms with E-state index in [9.17, 15) is 0 Å². The van der Waals surface area contributed by atoms with E-state index in [4.69, 9.17) is 4.52 Å². The lowest BCUT2D eigenvalue weighted by Crippen LogP contribution is -2.13. The molecule has 0 unspecified atom stereocenters. The van der Waals surface area contributed by atoms with Crippen molar-refractivity contribution in [2.45, 2.75) is 51.4 Å². The highest BCUT2D eigenvalue weighted by Crippen LogP contribution is 2.38. The number of benzene rings is 2. The van der Waals surface area contributed by atoms with Gasteiger partial charge in [0.05, 0.1) is 0 Å². The second-order valence-electron chi connectivity index (χ2n) is 7.56. The first kappa shape index (κ1) is 18.7. The molecule has 1 aromatic heterocycles. The molecule has 0 atom stereocenters. The molecule has 0 N–H and O–H groups in total. The molecule has 0 amide bonds. The van der Waals surface area contributed by atoms with E-state index in [2.05, 4.69) is 63.9 Å². The van der Waals surface area contributed by atoms with Crippen LogP contribution < -0.4 is 0 Å². The zero-order chi connectivity index (χ0) is 18.6. The Labute approximate surface area is 174 Å². The largest absolute Gasteiger partial charge is 0.334 e. The molecule has 1 saturated carbocycles. The minimum atomic E-state index is 0.569. The van der Waals surface area contributed by atoms with Crippen molar-refractivity contribution in [3.63, 3.8) is 0 Å². The number of nitrogens with zero attached hydrogens (tertiary/aromatic N) is 2. The average Bonchev–Trinajstić information content (AvgIpc) is 3.20. The zero-order valence-corrected chi connectivity index (χ0v) is 17.9. The van der Waals surface area contributed by atoms with Gasteiger partial charge in [-0.1, -0.05) is 49.2 Å². The van der Waals surface area contributed by atoms with Gasteiger partial charge in [0.2, 0.25) is 5.82 Å². The Bertz CT molecular complexity index is 862. The van der Waals surface area contributed by atoms with Crippen LogP contribution in [-0.4, -0.2) is 10.1 Å². The minimum absolute atomic E-state index is 0.569. The van der Waals surface area contributed by atoms with Gasteiger partial charge in [0, 0.05) is 14.7 Å². The number of rotatable bonds is 5. The van der Waals surface area contributed by atoms with Gasteiger partial charge in [0.1, 0.15) is 0 Å². The van der Waals surface area contributed by atoms with Crippen LogP contribution >= 0.6 is 22.6 Å². The lowest BCUT2D eigenvalue weighted by molar-refractivity contribution is 0.308. The van der Waals surface area contributed by atoms with Gasteiger partial charge in [-0.05, 0) is 89.9 Å². The van der Waals surface area contributed by atoms with Gasteiger partial charge in [-0.3, -0.25) is 0 Å². The van der Waals surface area contributed by atoms with E-state index in [1.807, 2.05) is 24.3 Å². The van der Waals surface area contributed by atoms with E-state index in [0.29, 0.717) is 17.6 Å². The Kier molecular flexibility index (Phi) is 5.91. The van der Waals surface area contributed by atoms with Crippen molar-refractivity contribution in [1.82, 2.24) is 10.1 Å². The summed E-state index contributed by atoms with van der Waals surface area (Å²) in [5.41, 5.74) is 3.42. The van der Waals surface area contributed by atoms with Gasteiger partial charge in [0.15, 0.2) is 0 Å². The van der Waals surface area contributed by atoms with E-state index >= 15 is 0 Å². The van der Waals surface area contributed by atoms with E-state index in [1.54, 1.807) is 0 Å². The molecule has 4 rings (SSSR count). The van der Waals surface area contributed by atoms with Gasteiger partial charge in [-0.25, -0.2) is 0 Å². The summed E-state index contributed by atoms with van der Waals surface area (Å²) in [5, 5.41) is 4.17. The molecule has 4 heteroatoms. The van der Waals surface area contributed by atoms with E-state index in [0.717, 1.165) is 17.0 Å². The maximum atomic E-state index is 5.46. The molecule has 1 heterocycles. The van der Waals surface area contributed by atoms with Crippen LogP contribution in [0.15, 0.2) is 53.1 Å². The molecule has 0 bridgehead atoms. The Morgan fingerprint density at radius 2 is 1.59 bits per heavy atom. The fourth-order valence-electron chi connectivity index (χ4n) is 4.15. The van der Waals surface area contributed by atoms with Gasteiger partial charge >= 0.3 is 0 Å². The molecule has 140 valence electrons. The van der Waals surface area contributed by atoms with Crippen molar-refractivity contribution in [1.29, 1.82) is 0 Å². The molecule has 0 saturated heterocycles. The van der Waals surface area contributed by atoms with Crippen LogP contribution in [0.2, 0.25) is 0 Å². The second-order valence-corrected chi connectivity index (χ2v) is 8.80. The van der Waals surface area contributed by atoms with Crippen LogP contribution in [0.4, 0.5) is 0 Å². The summed E-state index contributed by atoms with van der Waals surface area (Å²) < 4.78 is 6.65. The zero-order valence-electron chi connectivity index (χ0n) is 15.7. The molecular weight excluding hydrogens is 447 g/mol. The topological polar surface area (TPSA) is 38.9 Å². The summed E-state index contributed by atoms with van der Waals surface area (Å²) >= 11 is 2.29. The summed E-state index contributed by atoms with van der Waals surface area (Å²) in [6, 6.07) is 16.9. The highest BCUT2D eigenvalue weighted by atomic mass is 127. The van der Waals surface area contributed by atoms with Crippen molar-refractivity contribution >= 4 is 22.6 Å². The summed E-state index contributed by atoms with van der Waals surface area (Å²) in [5.74, 6) is 2.88. The third-order valence-corrected chi connectivity index (χ3v) is 6.42. The molecule has 2 aromatic carbocycles. The maximum absolute atomic E-state index is 5.46. The number of halogens is 1. The van der Waals surface area contributed by atoms with Crippen LogP contribution in [0.5, 0.6) is 0 Å². The van der Waals surface area contributed by atoms with Crippen molar-refractivity contribution in [2.75, 3.05) is 0 Å². The molecule has 3 aromatic rings. The van der Waals surface area contributed by atoms with Crippen LogP contribution in [0.1, 0.15) is 56.9 Å². The molecule has 0 radical (unpaired) electrons. The summed E-state index contributed by atoms with van der Waals surface area (Å²) in [6.45, 7) is 2.30. The van der Waals surface area contributed by atoms with Crippen LogP contribution in [0.25, 0.3) is 22.8 Å². The van der Waals surface area contributed by atoms with E-state index in [-0.39, 0.29) is 0 Å². The average molecular weight is 472 g/mol. The highest BCUT2D eigenvalue weighted by molar-refractivity contribution is 14.1. The first-order valence-electron chi connectivity index (χ1n) is 9.93. The van der Waals surface area contributed by atoms with Gasteiger partial charge in [0.25, 0.3) is 5.89 Å². The third-order valence-electron chi connectivity index (χ3n) is 5.70. The standard InChI is InChI=1S/C23H25IN2O/c1-2-3-16-4-6-17(7-5-16)18-8-10-19(11-9-18)22-25-23(27-26-22)20-12-14-21(24)15-13-20/h8-17H,2-7H2,1H3. The number of hydrogen-bond acceptors (Lipinski definition) is 3. The first-order valence-corrected chi connectivity index (χ1v) is 11.0. The third kappa shape index (κ3) is 4.42. The molecule has 3 nitrogen and oxygen atoms in total. The molecule has 1 fully saturated rings. The predicted octanol–water partition coefficient (Wildman–Crippen LogP) is 7.08. The van der Waals surface area contributed by atoms with Crippen LogP contribution in [-0.2, 0) is 0 Å². The van der Waals surface area contributed by atoms with Crippen LogP contribution in [0, 0.1) is 9.49 Å². The maximum Gasteiger partial charge on any atom is 0.258 e. The van der Waals surface area contributed by atoms with Gasteiger partial charge in [-0.15, -0.1) is 0 Å². The Balaban J connectivity index is 1.44. The number of hydrogen-bond donors (Lipinski definition) is 0. The second kappa shape index (κ2) is 8.55. The normalized spacial score (nSPS) is 19.9. The Morgan fingerprint density at radius 3 is 2.26 bits per heavy atom. The van der Waals surface area contributed by atoms with E-state index < -0.39 is 0 Å². The van der Waals surface area contributed by atoms with Gasteiger partial charge < -0.3 is 4.52 Å². The molecule has 27 heavy (non-hydrogen) atoms. The van der Waals surface area contributed by atoms with Crippen molar-refractivity contribution in [2.24, 2.45) is 5.92 Å². The highest BCUT2D eigenvalue weighted by Gasteiger charge is 2.22. The quantitative estimate of drug-likeness (QED) is 0.373. The SMILES string of the molecule is CCCC1CCC(c2ccc(-c3noc(-c4ccc(I)cc4)n3)cc2)CC1. The lowest BCUT2D eigenvalue weighted by atomic mass is 9.77. The minimum Gasteiger partial charge on any atom is -0.334 e. The Hall–Kier alpha value is -1.69. The lowest BCUT2D eigenvalue weighted by Gasteiger charge is -2.28. The van der Waals surface area contributed by atoms with Gasteiger partial charge in [-0.2, -0.15) is 4.98 Å². The fourth-order valence-corrected chi connectivity index (χ4v) is 4.51. The van der Waals surface area contributed by atoms with Crippen LogP contribution in [0.3, 0.4) is 0 Å². The monoisotopic (exact) mass is 472 g/mol. The summed E-state index contributed by atoms with van der Waals surface area (Å²) in [6.07, 6.45) is 8.12.